The average molecular weight is 287 g/mol. The highest BCUT2D eigenvalue weighted by molar-refractivity contribution is 5.84. The largest absolute Gasteiger partial charge is 0.872 e. The number of aliphatic imine (C=N–C) groups is 1. The number of nitrogens with zero attached hydrogens (tertiary/aromatic N) is 2. The van der Waals surface area contributed by atoms with Gasteiger partial charge in [-0.3, -0.25) is 15.1 Å². The fraction of sp³-hybridized carbons (Fsp3) is 0.133. The molecule has 0 heterocycles. The van der Waals surface area contributed by atoms with Crippen molar-refractivity contribution >= 4 is 11.9 Å². The maximum absolute atomic E-state index is 12.7. The third-order valence-electron chi connectivity index (χ3n) is 2.88. The molecule has 2 aromatic carbocycles. The lowest BCUT2D eigenvalue weighted by Crippen LogP contribution is -1.99. The topological polar surface area (TPSA) is 78.6 Å². The minimum Gasteiger partial charge on any atom is -0.872 e. The summed E-state index contributed by atoms with van der Waals surface area (Å²) in [5, 5.41) is 22.2. The van der Waals surface area contributed by atoms with Crippen molar-refractivity contribution in [2.24, 2.45) is 4.99 Å². The molecule has 0 aliphatic rings. The molecule has 2 rings (SSSR count). The third-order valence-corrected chi connectivity index (χ3v) is 2.88. The van der Waals surface area contributed by atoms with E-state index in [1.807, 2.05) is 0 Å². The number of halogens is 1. The van der Waals surface area contributed by atoms with Crippen LogP contribution in [0.3, 0.4) is 0 Å². The quantitative estimate of drug-likeness (QED) is 0.481. The number of nitro groups is 1. The number of hydrogen-bond acceptors (Lipinski definition) is 4. The Hall–Kier alpha value is -2.76. The van der Waals surface area contributed by atoms with Gasteiger partial charge in [0, 0.05) is 24.9 Å². The Kier molecular flexibility index (Phi) is 4.61. The highest BCUT2D eigenvalue weighted by Gasteiger charge is 2.05. The van der Waals surface area contributed by atoms with Gasteiger partial charge in [0.15, 0.2) is 0 Å². The Morgan fingerprint density at radius 2 is 1.90 bits per heavy atom. The van der Waals surface area contributed by atoms with E-state index in [0.717, 1.165) is 17.7 Å². The van der Waals surface area contributed by atoms with Crippen LogP contribution in [0.1, 0.15) is 11.1 Å². The van der Waals surface area contributed by atoms with Crippen LogP contribution in [0.2, 0.25) is 0 Å². The molecule has 6 heteroatoms. The molecule has 0 aromatic heterocycles. The van der Waals surface area contributed by atoms with Gasteiger partial charge in [-0.15, -0.1) is 0 Å². The number of hydrogen-bond donors (Lipinski definition) is 0. The first kappa shape index (κ1) is 14.6. The number of non-ortho nitro benzene ring substituents is 1. The van der Waals surface area contributed by atoms with E-state index in [1.54, 1.807) is 12.1 Å². The van der Waals surface area contributed by atoms with Crippen LogP contribution in [-0.4, -0.2) is 17.7 Å². The molecule has 0 N–H and O–H groups in total. The van der Waals surface area contributed by atoms with Crippen LogP contribution < -0.4 is 5.11 Å². The summed E-state index contributed by atoms with van der Waals surface area (Å²) in [6.45, 7) is 0.410. The van der Waals surface area contributed by atoms with Crippen LogP contribution in [0.15, 0.2) is 47.5 Å². The van der Waals surface area contributed by atoms with Crippen LogP contribution in [0.25, 0.3) is 0 Å². The summed E-state index contributed by atoms with van der Waals surface area (Å²) in [4.78, 5) is 14.2. The van der Waals surface area contributed by atoms with Gasteiger partial charge in [-0.25, -0.2) is 4.39 Å². The molecule has 2 aromatic rings. The molecule has 0 atom stereocenters. The lowest BCUT2D eigenvalue weighted by Gasteiger charge is -2.08. The third kappa shape index (κ3) is 4.10. The molecule has 0 spiro atoms. The van der Waals surface area contributed by atoms with E-state index >= 15 is 0 Å². The first-order chi connectivity index (χ1) is 10.1. The normalized spacial score (nSPS) is 10.9. The van der Waals surface area contributed by atoms with Crippen LogP contribution >= 0.6 is 0 Å². The second-order valence-corrected chi connectivity index (χ2v) is 4.39. The SMILES string of the molecule is O=[N+]([O-])c1ccc([O-])c(C=NCCc2ccc(F)cc2)c1. The standard InChI is InChI=1S/C15H13FN2O3/c16-13-3-1-11(2-4-13)7-8-17-10-12-9-14(18(20)21)5-6-15(12)19/h1-6,9-10,19H,7-8H2/p-1. The van der Waals surface area contributed by atoms with E-state index in [2.05, 4.69) is 4.99 Å². The molecule has 108 valence electrons. The van der Waals surface area contributed by atoms with Crippen molar-refractivity contribution in [3.05, 3.63) is 69.5 Å². The molecule has 0 saturated heterocycles. The van der Waals surface area contributed by atoms with Crippen LogP contribution in [0, 0.1) is 15.9 Å². The summed E-state index contributed by atoms with van der Waals surface area (Å²) in [6.07, 6.45) is 1.93. The van der Waals surface area contributed by atoms with Gasteiger partial charge in [0.2, 0.25) is 0 Å². The van der Waals surface area contributed by atoms with Gasteiger partial charge < -0.3 is 5.11 Å². The first-order valence-electron chi connectivity index (χ1n) is 6.26. The monoisotopic (exact) mass is 287 g/mol. The molecule has 0 fully saturated rings. The highest BCUT2D eigenvalue weighted by atomic mass is 19.1. The Morgan fingerprint density at radius 1 is 1.19 bits per heavy atom. The Morgan fingerprint density at radius 3 is 2.57 bits per heavy atom. The molecule has 0 aliphatic carbocycles. The predicted octanol–water partition coefficient (Wildman–Crippen LogP) is 2.47. The van der Waals surface area contributed by atoms with Gasteiger partial charge in [0.1, 0.15) is 5.82 Å². The summed E-state index contributed by atoms with van der Waals surface area (Å²) in [7, 11) is 0. The summed E-state index contributed by atoms with van der Waals surface area (Å²) in [6, 6.07) is 9.58. The number of rotatable bonds is 5. The Bertz CT molecular complexity index is 669. The summed E-state index contributed by atoms with van der Waals surface area (Å²) in [5.74, 6) is -0.610. The van der Waals surface area contributed by atoms with Gasteiger partial charge in [0.25, 0.3) is 5.69 Å². The van der Waals surface area contributed by atoms with Crippen molar-refractivity contribution in [1.29, 1.82) is 0 Å². The second-order valence-electron chi connectivity index (χ2n) is 4.39. The lowest BCUT2D eigenvalue weighted by molar-refractivity contribution is -0.385. The van der Waals surface area contributed by atoms with Crippen LogP contribution in [0.5, 0.6) is 5.75 Å². The molecule has 5 nitrogen and oxygen atoms in total. The van der Waals surface area contributed by atoms with Crippen molar-refractivity contribution in [2.75, 3.05) is 6.54 Å². The number of nitro benzene ring substituents is 1. The molecule has 0 unspecified atom stereocenters. The van der Waals surface area contributed by atoms with Crippen molar-refractivity contribution < 1.29 is 14.4 Å². The van der Waals surface area contributed by atoms with Gasteiger partial charge in [-0.1, -0.05) is 23.9 Å². The van der Waals surface area contributed by atoms with Crippen molar-refractivity contribution in [2.45, 2.75) is 6.42 Å². The van der Waals surface area contributed by atoms with Gasteiger partial charge in [0.05, 0.1) is 4.92 Å². The van der Waals surface area contributed by atoms with Crippen molar-refractivity contribution in [1.82, 2.24) is 0 Å². The number of benzene rings is 2. The van der Waals surface area contributed by atoms with Gasteiger partial charge >= 0.3 is 0 Å². The van der Waals surface area contributed by atoms with Crippen molar-refractivity contribution in [3.8, 4) is 5.75 Å². The zero-order valence-corrected chi connectivity index (χ0v) is 11.0. The summed E-state index contributed by atoms with van der Waals surface area (Å²) >= 11 is 0. The molecular formula is C15H12FN2O3-. The second kappa shape index (κ2) is 6.60. The van der Waals surface area contributed by atoms with E-state index in [1.165, 1.54) is 24.4 Å². The van der Waals surface area contributed by atoms with E-state index in [9.17, 15) is 19.6 Å². The maximum atomic E-state index is 12.7. The zero-order valence-electron chi connectivity index (χ0n) is 11.0. The van der Waals surface area contributed by atoms with E-state index in [4.69, 9.17) is 0 Å². The summed E-state index contributed by atoms with van der Waals surface area (Å²) in [5.41, 5.74) is 0.966. The molecule has 0 radical (unpaired) electrons. The average Bonchev–Trinajstić information content (AvgIpc) is 2.47. The molecule has 21 heavy (non-hydrogen) atoms. The molecular weight excluding hydrogens is 275 g/mol. The van der Waals surface area contributed by atoms with Gasteiger partial charge in [-0.05, 0) is 29.7 Å². The maximum Gasteiger partial charge on any atom is 0.270 e. The molecule has 0 bridgehead atoms. The molecule has 0 saturated carbocycles. The zero-order chi connectivity index (χ0) is 15.2. The van der Waals surface area contributed by atoms with Crippen LogP contribution in [0.4, 0.5) is 10.1 Å². The summed E-state index contributed by atoms with van der Waals surface area (Å²) < 4.78 is 12.7. The minimum absolute atomic E-state index is 0.144. The smallest absolute Gasteiger partial charge is 0.270 e. The van der Waals surface area contributed by atoms with E-state index in [-0.39, 0.29) is 22.8 Å². The first-order valence-corrected chi connectivity index (χ1v) is 6.26. The fourth-order valence-corrected chi connectivity index (χ4v) is 1.76. The lowest BCUT2D eigenvalue weighted by atomic mass is 10.1. The van der Waals surface area contributed by atoms with Gasteiger partial charge in [-0.2, -0.15) is 0 Å². The Balaban J connectivity index is 1.99. The predicted molar refractivity (Wildman–Crippen MR) is 75.1 cm³/mol. The highest BCUT2D eigenvalue weighted by Crippen LogP contribution is 2.19. The minimum atomic E-state index is -0.560. The van der Waals surface area contributed by atoms with E-state index < -0.39 is 4.92 Å². The van der Waals surface area contributed by atoms with E-state index in [0.29, 0.717) is 13.0 Å². The van der Waals surface area contributed by atoms with Crippen molar-refractivity contribution in [3.63, 3.8) is 0 Å². The Labute approximate surface area is 120 Å². The van der Waals surface area contributed by atoms with Crippen LogP contribution in [-0.2, 0) is 6.42 Å². The molecule has 0 amide bonds. The fourth-order valence-electron chi connectivity index (χ4n) is 1.76. The molecule has 0 aliphatic heterocycles.